The van der Waals surface area contributed by atoms with Crippen molar-refractivity contribution in [1.29, 1.82) is 0 Å². The largest absolute Gasteiger partial charge is 0.496 e. The lowest BCUT2D eigenvalue weighted by atomic mass is 10.1. The fourth-order valence-electron chi connectivity index (χ4n) is 1.18. The van der Waals surface area contributed by atoms with Gasteiger partial charge in [-0.15, -0.1) is 0 Å². The van der Waals surface area contributed by atoms with Gasteiger partial charge in [0.15, 0.2) is 6.29 Å². The van der Waals surface area contributed by atoms with Crippen molar-refractivity contribution in [3.8, 4) is 11.5 Å². The quantitative estimate of drug-likeness (QED) is 0.665. The van der Waals surface area contributed by atoms with Crippen molar-refractivity contribution >= 4 is 6.29 Å². The zero-order chi connectivity index (χ0) is 9.84. The van der Waals surface area contributed by atoms with Crippen LogP contribution in [0.15, 0.2) is 12.1 Å². The van der Waals surface area contributed by atoms with E-state index in [0.29, 0.717) is 11.3 Å². The first-order valence-electron chi connectivity index (χ1n) is 3.90. The van der Waals surface area contributed by atoms with Gasteiger partial charge in [-0.1, -0.05) is 0 Å². The highest BCUT2D eigenvalue weighted by Gasteiger charge is 2.06. The monoisotopic (exact) mass is 180 g/mol. The number of hydrogen-bond donors (Lipinski definition) is 0. The fraction of sp³-hybridized carbons (Fsp3) is 0.300. The molecule has 3 nitrogen and oxygen atoms in total. The summed E-state index contributed by atoms with van der Waals surface area (Å²) in [4.78, 5) is 10.6. The van der Waals surface area contributed by atoms with E-state index in [-0.39, 0.29) is 0 Å². The third kappa shape index (κ3) is 1.80. The van der Waals surface area contributed by atoms with E-state index in [0.717, 1.165) is 17.6 Å². The second kappa shape index (κ2) is 3.94. The minimum Gasteiger partial charge on any atom is -0.496 e. The van der Waals surface area contributed by atoms with Crippen molar-refractivity contribution < 1.29 is 14.3 Å². The fourth-order valence-corrected chi connectivity index (χ4v) is 1.18. The van der Waals surface area contributed by atoms with Gasteiger partial charge in [0.2, 0.25) is 0 Å². The van der Waals surface area contributed by atoms with Gasteiger partial charge in [0.05, 0.1) is 19.8 Å². The van der Waals surface area contributed by atoms with E-state index in [1.54, 1.807) is 19.2 Å². The lowest BCUT2D eigenvalue weighted by Crippen LogP contribution is -1.94. The van der Waals surface area contributed by atoms with Gasteiger partial charge in [-0.05, 0) is 18.6 Å². The summed E-state index contributed by atoms with van der Waals surface area (Å²) in [5.74, 6) is 1.26. The Morgan fingerprint density at radius 3 is 2.23 bits per heavy atom. The summed E-state index contributed by atoms with van der Waals surface area (Å²) < 4.78 is 10.1. The Bertz CT molecular complexity index is 318. The molecule has 0 aliphatic carbocycles. The number of aldehydes is 1. The minimum absolute atomic E-state index is 0.539. The first-order chi connectivity index (χ1) is 6.22. The number of methoxy groups -OCH3 is 2. The van der Waals surface area contributed by atoms with Gasteiger partial charge in [-0.3, -0.25) is 4.79 Å². The summed E-state index contributed by atoms with van der Waals surface area (Å²) in [5, 5.41) is 0. The van der Waals surface area contributed by atoms with Crippen LogP contribution in [-0.2, 0) is 0 Å². The summed E-state index contributed by atoms with van der Waals surface area (Å²) >= 11 is 0. The molecule has 0 amide bonds. The Morgan fingerprint density at radius 2 is 1.77 bits per heavy atom. The van der Waals surface area contributed by atoms with Crippen molar-refractivity contribution in [2.24, 2.45) is 0 Å². The molecule has 0 saturated heterocycles. The highest BCUT2D eigenvalue weighted by Crippen LogP contribution is 2.27. The summed E-state index contributed by atoms with van der Waals surface area (Å²) in [6.45, 7) is 1.88. The molecule has 0 bridgehead atoms. The SMILES string of the molecule is COc1cc(OC)c(C=O)cc1C. The first-order valence-corrected chi connectivity index (χ1v) is 3.90. The maximum absolute atomic E-state index is 10.6. The number of hydrogen-bond acceptors (Lipinski definition) is 3. The van der Waals surface area contributed by atoms with Crippen LogP contribution in [0.2, 0.25) is 0 Å². The minimum atomic E-state index is 0.539. The van der Waals surface area contributed by atoms with Crippen LogP contribution >= 0.6 is 0 Å². The number of ether oxygens (including phenoxy) is 2. The van der Waals surface area contributed by atoms with E-state index in [2.05, 4.69) is 0 Å². The van der Waals surface area contributed by atoms with Crippen LogP contribution in [-0.4, -0.2) is 20.5 Å². The van der Waals surface area contributed by atoms with E-state index >= 15 is 0 Å². The molecule has 0 aliphatic heterocycles. The van der Waals surface area contributed by atoms with E-state index in [9.17, 15) is 4.79 Å². The van der Waals surface area contributed by atoms with Crippen molar-refractivity contribution in [3.05, 3.63) is 23.3 Å². The van der Waals surface area contributed by atoms with Crippen LogP contribution in [0.5, 0.6) is 11.5 Å². The molecule has 0 aromatic heterocycles. The van der Waals surface area contributed by atoms with Crippen molar-refractivity contribution in [1.82, 2.24) is 0 Å². The van der Waals surface area contributed by atoms with Crippen LogP contribution in [0.25, 0.3) is 0 Å². The molecular weight excluding hydrogens is 168 g/mol. The first kappa shape index (κ1) is 9.58. The predicted molar refractivity (Wildman–Crippen MR) is 49.7 cm³/mol. The summed E-state index contributed by atoms with van der Waals surface area (Å²) in [7, 11) is 3.11. The van der Waals surface area contributed by atoms with Crippen molar-refractivity contribution in [2.45, 2.75) is 6.92 Å². The zero-order valence-corrected chi connectivity index (χ0v) is 7.96. The molecule has 0 aliphatic rings. The lowest BCUT2D eigenvalue weighted by molar-refractivity contribution is 0.112. The maximum Gasteiger partial charge on any atom is 0.153 e. The molecule has 0 saturated carbocycles. The van der Waals surface area contributed by atoms with Crippen LogP contribution in [0.4, 0.5) is 0 Å². The standard InChI is InChI=1S/C10H12O3/c1-7-4-8(6-11)10(13-3)5-9(7)12-2/h4-6H,1-3H3. The van der Waals surface area contributed by atoms with Crippen LogP contribution in [0.1, 0.15) is 15.9 Å². The second-order valence-corrected chi connectivity index (χ2v) is 2.68. The van der Waals surface area contributed by atoms with Gasteiger partial charge < -0.3 is 9.47 Å². The number of carbonyl (C=O) groups excluding carboxylic acids is 1. The second-order valence-electron chi connectivity index (χ2n) is 2.68. The summed E-state index contributed by atoms with van der Waals surface area (Å²) in [6, 6.07) is 3.45. The Labute approximate surface area is 77.3 Å². The van der Waals surface area contributed by atoms with Gasteiger partial charge in [-0.2, -0.15) is 0 Å². The average molecular weight is 180 g/mol. The molecule has 0 unspecified atom stereocenters. The Balaban J connectivity index is 3.26. The molecule has 1 aromatic carbocycles. The molecule has 0 N–H and O–H groups in total. The Kier molecular flexibility index (Phi) is 2.90. The number of aryl methyl sites for hydroxylation is 1. The van der Waals surface area contributed by atoms with Crippen molar-refractivity contribution in [2.75, 3.05) is 14.2 Å². The van der Waals surface area contributed by atoms with E-state index < -0.39 is 0 Å². The Morgan fingerprint density at radius 1 is 1.15 bits per heavy atom. The molecule has 1 rings (SSSR count). The van der Waals surface area contributed by atoms with E-state index in [1.807, 2.05) is 6.92 Å². The number of carbonyl (C=O) groups is 1. The highest BCUT2D eigenvalue weighted by atomic mass is 16.5. The van der Waals surface area contributed by atoms with Crippen LogP contribution in [0, 0.1) is 6.92 Å². The summed E-state index contributed by atoms with van der Waals surface area (Å²) in [5.41, 5.74) is 1.46. The van der Waals surface area contributed by atoms with Crippen LogP contribution < -0.4 is 9.47 Å². The molecule has 13 heavy (non-hydrogen) atoms. The molecule has 0 spiro atoms. The molecule has 1 aromatic rings. The van der Waals surface area contributed by atoms with Gasteiger partial charge >= 0.3 is 0 Å². The molecule has 70 valence electrons. The third-order valence-corrected chi connectivity index (χ3v) is 1.87. The Hall–Kier alpha value is -1.51. The smallest absolute Gasteiger partial charge is 0.153 e. The molecule has 0 fully saturated rings. The van der Waals surface area contributed by atoms with Gasteiger partial charge in [0, 0.05) is 6.07 Å². The number of rotatable bonds is 3. The zero-order valence-electron chi connectivity index (χ0n) is 7.96. The summed E-state index contributed by atoms with van der Waals surface area (Å²) in [6.07, 6.45) is 0.769. The van der Waals surface area contributed by atoms with Crippen LogP contribution in [0.3, 0.4) is 0 Å². The average Bonchev–Trinajstić information content (AvgIpc) is 2.17. The molecular formula is C10H12O3. The van der Waals surface area contributed by atoms with Crippen molar-refractivity contribution in [3.63, 3.8) is 0 Å². The normalized spacial score (nSPS) is 9.46. The lowest BCUT2D eigenvalue weighted by Gasteiger charge is -2.08. The maximum atomic E-state index is 10.6. The molecule has 0 radical (unpaired) electrons. The van der Waals surface area contributed by atoms with Gasteiger partial charge in [0.25, 0.3) is 0 Å². The number of benzene rings is 1. The molecule has 0 atom stereocenters. The molecule has 3 heteroatoms. The highest BCUT2D eigenvalue weighted by molar-refractivity contribution is 5.80. The van der Waals surface area contributed by atoms with E-state index in [4.69, 9.17) is 9.47 Å². The topological polar surface area (TPSA) is 35.5 Å². The predicted octanol–water partition coefficient (Wildman–Crippen LogP) is 1.82. The van der Waals surface area contributed by atoms with E-state index in [1.165, 1.54) is 7.11 Å². The van der Waals surface area contributed by atoms with Gasteiger partial charge in [-0.25, -0.2) is 0 Å². The third-order valence-electron chi connectivity index (χ3n) is 1.87. The molecule has 0 heterocycles. The van der Waals surface area contributed by atoms with Gasteiger partial charge in [0.1, 0.15) is 11.5 Å².